The second-order valence-corrected chi connectivity index (χ2v) is 3.62. The topological polar surface area (TPSA) is 92.5 Å². The standard InChI is InChI=1S/C9H14N6/c1-5(10)6(2)15-9-7-8(12-3-11-7)13-4-14-9/h3-6H,10H2,1-2H3,(H2,11,12,13,14,15). The molecule has 80 valence electrons. The van der Waals surface area contributed by atoms with Crippen molar-refractivity contribution in [3.05, 3.63) is 12.7 Å². The maximum atomic E-state index is 5.77. The summed E-state index contributed by atoms with van der Waals surface area (Å²) < 4.78 is 0. The predicted octanol–water partition coefficient (Wildman–Crippen LogP) is 0.500. The summed E-state index contributed by atoms with van der Waals surface area (Å²) in [6, 6.07) is 0.198. The summed E-state index contributed by atoms with van der Waals surface area (Å²) in [6.45, 7) is 3.96. The zero-order valence-electron chi connectivity index (χ0n) is 8.73. The van der Waals surface area contributed by atoms with Crippen molar-refractivity contribution >= 4 is 17.0 Å². The van der Waals surface area contributed by atoms with Crippen molar-refractivity contribution in [3.63, 3.8) is 0 Å². The van der Waals surface area contributed by atoms with E-state index in [1.807, 2.05) is 13.8 Å². The monoisotopic (exact) mass is 206 g/mol. The third-order valence-electron chi connectivity index (χ3n) is 2.38. The molecule has 0 radical (unpaired) electrons. The van der Waals surface area contributed by atoms with Gasteiger partial charge in [-0.25, -0.2) is 15.0 Å². The van der Waals surface area contributed by atoms with Crippen LogP contribution in [-0.2, 0) is 0 Å². The smallest absolute Gasteiger partial charge is 0.182 e. The number of aromatic nitrogens is 4. The molecule has 0 aromatic carbocycles. The molecule has 2 unspecified atom stereocenters. The van der Waals surface area contributed by atoms with Crippen LogP contribution >= 0.6 is 0 Å². The van der Waals surface area contributed by atoms with E-state index < -0.39 is 0 Å². The molecule has 2 aromatic heterocycles. The number of H-pyrrole nitrogens is 1. The number of nitrogens with one attached hydrogen (secondary N) is 2. The molecule has 2 aromatic rings. The summed E-state index contributed by atoms with van der Waals surface area (Å²) in [7, 11) is 0. The van der Waals surface area contributed by atoms with Crippen LogP contribution in [0.5, 0.6) is 0 Å². The molecule has 0 aliphatic rings. The molecular formula is C9H14N6. The lowest BCUT2D eigenvalue weighted by molar-refractivity contribution is 0.636. The Hall–Kier alpha value is -1.69. The molecule has 2 heterocycles. The highest BCUT2D eigenvalue weighted by atomic mass is 15.1. The molecule has 6 nitrogen and oxygen atoms in total. The molecule has 4 N–H and O–H groups in total. The van der Waals surface area contributed by atoms with Gasteiger partial charge in [-0.05, 0) is 13.8 Å². The van der Waals surface area contributed by atoms with Crippen molar-refractivity contribution in [2.75, 3.05) is 5.32 Å². The van der Waals surface area contributed by atoms with Crippen LogP contribution in [0.4, 0.5) is 5.82 Å². The number of nitrogens with two attached hydrogens (primary N) is 1. The van der Waals surface area contributed by atoms with Gasteiger partial charge in [-0.15, -0.1) is 0 Å². The normalized spacial score (nSPS) is 15.1. The number of rotatable bonds is 3. The molecule has 6 heteroatoms. The molecule has 0 bridgehead atoms. The van der Waals surface area contributed by atoms with Gasteiger partial charge in [0.25, 0.3) is 0 Å². The molecule has 0 saturated carbocycles. The Morgan fingerprint density at radius 2 is 2.13 bits per heavy atom. The Morgan fingerprint density at radius 3 is 2.87 bits per heavy atom. The fourth-order valence-electron chi connectivity index (χ4n) is 1.22. The first kappa shape index (κ1) is 9.85. The lowest BCUT2D eigenvalue weighted by Gasteiger charge is -2.17. The van der Waals surface area contributed by atoms with E-state index in [1.54, 1.807) is 6.33 Å². The van der Waals surface area contributed by atoms with Gasteiger partial charge in [0, 0.05) is 12.1 Å². The summed E-state index contributed by atoms with van der Waals surface area (Å²) in [4.78, 5) is 15.2. The zero-order chi connectivity index (χ0) is 10.8. The third kappa shape index (κ3) is 1.89. The highest BCUT2D eigenvalue weighted by molar-refractivity contribution is 5.82. The molecule has 0 saturated heterocycles. The van der Waals surface area contributed by atoms with Crippen molar-refractivity contribution in [3.8, 4) is 0 Å². The maximum Gasteiger partial charge on any atom is 0.182 e. The number of nitrogens with zero attached hydrogens (tertiary/aromatic N) is 3. The van der Waals surface area contributed by atoms with Gasteiger partial charge in [0.2, 0.25) is 0 Å². The largest absolute Gasteiger partial charge is 0.364 e. The molecule has 15 heavy (non-hydrogen) atoms. The van der Waals surface area contributed by atoms with Crippen molar-refractivity contribution in [1.82, 2.24) is 19.9 Å². The Labute approximate surface area is 87.3 Å². The predicted molar refractivity (Wildman–Crippen MR) is 58.4 cm³/mol. The van der Waals surface area contributed by atoms with Crippen LogP contribution in [0, 0.1) is 0 Å². The van der Waals surface area contributed by atoms with Crippen LogP contribution in [-0.4, -0.2) is 32.0 Å². The molecule has 0 amide bonds. The molecule has 0 spiro atoms. The van der Waals surface area contributed by atoms with Gasteiger partial charge in [-0.2, -0.15) is 0 Å². The highest BCUT2D eigenvalue weighted by Gasteiger charge is 2.11. The number of anilines is 1. The van der Waals surface area contributed by atoms with E-state index in [0.29, 0.717) is 5.65 Å². The van der Waals surface area contributed by atoms with Crippen LogP contribution < -0.4 is 11.1 Å². The van der Waals surface area contributed by atoms with Crippen LogP contribution in [0.25, 0.3) is 11.2 Å². The van der Waals surface area contributed by atoms with Crippen LogP contribution in [0.2, 0.25) is 0 Å². The first-order valence-corrected chi connectivity index (χ1v) is 4.84. The fraction of sp³-hybridized carbons (Fsp3) is 0.444. The quantitative estimate of drug-likeness (QED) is 0.680. The van der Waals surface area contributed by atoms with E-state index in [2.05, 4.69) is 25.3 Å². The minimum Gasteiger partial charge on any atom is -0.364 e. The van der Waals surface area contributed by atoms with Crippen LogP contribution in [0.15, 0.2) is 12.7 Å². The maximum absolute atomic E-state index is 5.77. The van der Waals surface area contributed by atoms with Gasteiger partial charge in [0.15, 0.2) is 11.5 Å². The van der Waals surface area contributed by atoms with E-state index in [1.165, 1.54) is 6.33 Å². The Balaban J connectivity index is 2.31. The zero-order valence-corrected chi connectivity index (χ0v) is 8.73. The summed E-state index contributed by atoms with van der Waals surface area (Å²) in [5.41, 5.74) is 7.24. The average molecular weight is 206 g/mol. The average Bonchev–Trinajstić information content (AvgIpc) is 2.66. The van der Waals surface area contributed by atoms with Gasteiger partial charge >= 0.3 is 0 Å². The number of fused-ring (bicyclic) bond motifs is 1. The second kappa shape index (κ2) is 3.82. The summed E-state index contributed by atoms with van der Waals surface area (Å²) in [5, 5.41) is 3.22. The van der Waals surface area contributed by atoms with E-state index in [-0.39, 0.29) is 12.1 Å². The number of hydrogen-bond acceptors (Lipinski definition) is 5. The first-order valence-electron chi connectivity index (χ1n) is 4.84. The second-order valence-electron chi connectivity index (χ2n) is 3.62. The van der Waals surface area contributed by atoms with E-state index in [0.717, 1.165) is 11.3 Å². The minimum absolute atomic E-state index is 0.0536. The summed E-state index contributed by atoms with van der Waals surface area (Å²) in [5.74, 6) is 0.738. The number of hydrogen-bond donors (Lipinski definition) is 3. The van der Waals surface area contributed by atoms with E-state index in [4.69, 9.17) is 5.73 Å². The lowest BCUT2D eigenvalue weighted by atomic mass is 10.2. The van der Waals surface area contributed by atoms with Gasteiger partial charge in [-0.3, -0.25) is 0 Å². The Kier molecular flexibility index (Phi) is 2.51. The number of imidazole rings is 1. The molecule has 0 fully saturated rings. The van der Waals surface area contributed by atoms with Crippen molar-refractivity contribution in [2.45, 2.75) is 25.9 Å². The molecular weight excluding hydrogens is 192 g/mol. The first-order chi connectivity index (χ1) is 7.18. The Morgan fingerprint density at radius 1 is 1.33 bits per heavy atom. The minimum atomic E-state index is 0.0536. The number of aromatic amines is 1. The van der Waals surface area contributed by atoms with Gasteiger partial charge in [0.1, 0.15) is 11.8 Å². The van der Waals surface area contributed by atoms with Crippen LogP contribution in [0.3, 0.4) is 0 Å². The van der Waals surface area contributed by atoms with E-state index >= 15 is 0 Å². The van der Waals surface area contributed by atoms with E-state index in [9.17, 15) is 0 Å². The molecule has 0 aliphatic carbocycles. The van der Waals surface area contributed by atoms with Crippen molar-refractivity contribution < 1.29 is 0 Å². The van der Waals surface area contributed by atoms with Crippen molar-refractivity contribution in [1.29, 1.82) is 0 Å². The molecule has 2 atom stereocenters. The molecule has 0 aliphatic heterocycles. The van der Waals surface area contributed by atoms with Crippen LogP contribution in [0.1, 0.15) is 13.8 Å². The van der Waals surface area contributed by atoms with Gasteiger partial charge in [-0.1, -0.05) is 0 Å². The summed E-state index contributed by atoms with van der Waals surface area (Å²) >= 11 is 0. The summed E-state index contributed by atoms with van der Waals surface area (Å²) in [6.07, 6.45) is 3.08. The highest BCUT2D eigenvalue weighted by Crippen LogP contribution is 2.15. The fourth-order valence-corrected chi connectivity index (χ4v) is 1.22. The van der Waals surface area contributed by atoms with Crippen molar-refractivity contribution in [2.24, 2.45) is 5.73 Å². The third-order valence-corrected chi connectivity index (χ3v) is 2.38. The SMILES string of the molecule is CC(N)C(C)Nc1ncnc2nc[nH]c12. The Bertz CT molecular complexity index is 449. The molecule has 2 rings (SSSR count). The van der Waals surface area contributed by atoms with Gasteiger partial charge in [0.05, 0.1) is 6.33 Å². The van der Waals surface area contributed by atoms with Gasteiger partial charge < -0.3 is 16.0 Å². The lowest BCUT2D eigenvalue weighted by Crippen LogP contribution is -2.35.